The van der Waals surface area contributed by atoms with E-state index in [1.54, 1.807) is 11.0 Å². The van der Waals surface area contributed by atoms with Crippen molar-refractivity contribution in [3.63, 3.8) is 0 Å². The Morgan fingerprint density at radius 3 is 2.62 bits per heavy atom. The van der Waals surface area contributed by atoms with Crippen LogP contribution in [0.3, 0.4) is 0 Å². The standard InChI is InChI=1S/C14H23N5OS/c20-13(18-6-8-21-9-7-18)10-14(4-2-1-3-5-14)11-19-12-15-16-17-19/h12H,1-11H2. The second-order valence-corrected chi connectivity index (χ2v) is 7.46. The summed E-state index contributed by atoms with van der Waals surface area (Å²) in [4.78, 5) is 14.7. The summed E-state index contributed by atoms with van der Waals surface area (Å²) in [7, 11) is 0. The summed E-state index contributed by atoms with van der Waals surface area (Å²) in [6, 6.07) is 0. The smallest absolute Gasteiger partial charge is 0.223 e. The zero-order valence-electron chi connectivity index (χ0n) is 12.4. The summed E-state index contributed by atoms with van der Waals surface area (Å²) in [5, 5.41) is 11.4. The molecule has 1 aliphatic carbocycles. The number of hydrogen-bond donors (Lipinski definition) is 0. The second kappa shape index (κ2) is 6.77. The van der Waals surface area contributed by atoms with E-state index >= 15 is 0 Å². The number of aromatic nitrogens is 4. The minimum atomic E-state index is 0.0509. The van der Waals surface area contributed by atoms with Gasteiger partial charge in [-0.2, -0.15) is 11.8 Å². The van der Waals surface area contributed by atoms with Gasteiger partial charge in [-0.15, -0.1) is 5.10 Å². The van der Waals surface area contributed by atoms with Crippen LogP contribution < -0.4 is 0 Å². The van der Waals surface area contributed by atoms with Crippen LogP contribution in [0.1, 0.15) is 38.5 Å². The van der Waals surface area contributed by atoms with Crippen molar-refractivity contribution in [3.05, 3.63) is 6.33 Å². The largest absolute Gasteiger partial charge is 0.341 e. The zero-order valence-corrected chi connectivity index (χ0v) is 13.2. The average Bonchev–Trinajstić information content (AvgIpc) is 3.01. The number of tetrazole rings is 1. The SMILES string of the molecule is O=C(CC1(Cn2cnnn2)CCCCC1)N1CCSCC1. The molecule has 2 heterocycles. The lowest BCUT2D eigenvalue weighted by atomic mass is 9.71. The van der Waals surface area contributed by atoms with E-state index in [2.05, 4.69) is 15.5 Å². The van der Waals surface area contributed by atoms with Crippen LogP contribution in [0.5, 0.6) is 0 Å². The maximum atomic E-state index is 12.7. The normalized spacial score (nSPS) is 22.2. The van der Waals surface area contributed by atoms with Crippen LogP contribution in [0.15, 0.2) is 6.33 Å². The lowest BCUT2D eigenvalue weighted by Gasteiger charge is -2.38. The van der Waals surface area contributed by atoms with E-state index < -0.39 is 0 Å². The Kier molecular flexibility index (Phi) is 4.77. The molecular formula is C14H23N5OS. The quantitative estimate of drug-likeness (QED) is 0.845. The Bertz CT molecular complexity index is 452. The third-order valence-electron chi connectivity index (χ3n) is 4.69. The Balaban J connectivity index is 1.68. The van der Waals surface area contributed by atoms with E-state index in [4.69, 9.17) is 0 Å². The van der Waals surface area contributed by atoms with Gasteiger partial charge >= 0.3 is 0 Å². The lowest BCUT2D eigenvalue weighted by Crippen LogP contribution is -2.42. The lowest BCUT2D eigenvalue weighted by molar-refractivity contribution is -0.134. The van der Waals surface area contributed by atoms with Crippen molar-refractivity contribution in [2.75, 3.05) is 24.6 Å². The molecule has 0 atom stereocenters. The first-order chi connectivity index (χ1) is 10.3. The highest BCUT2D eigenvalue weighted by Crippen LogP contribution is 2.41. The number of nitrogens with zero attached hydrogens (tertiary/aromatic N) is 5. The molecule has 0 aromatic carbocycles. The Morgan fingerprint density at radius 1 is 1.19 bits per heavy atom. The summed E-state index contributed by atoms with van der Waals surface area (Å²) in [6.45, 7) is 2.59. The van der Waals surface area contributed by atoms with E-state index in [0.717, 1.165) is 44.0 Å². The summed E-state index contributed by atoms with van der Waals surface area (Å²) >= 11 is 1.94. The number of hydrogen-bond acceptors (Lipinski definition) is 5. The molecule has 21 heavy (non-hydrogen) atoms. The predicted molar refractivity (Wildman–Crippen MR) is 81.9 cm³/mol. The third-order valence-corrected chi connectivity index (χ3v) is 5.64. The van der Waals surface area contributed by atoms with Gasteiger partial charge in [0.1, 0.15) is 6.33 Å². The molecule has 1 amide bonds. The van der Waals surface area contributed by atoms with Crippen LogP contribution >= 0.6 is 11.8 Å². The Morgan fingerprint density at radius 2 is 1.95 bits per heavy atom. The second-order valence-electron chi connectivity index (χ2n) is 6.24. The third kappa shape index (κ3) is 3.75. The highest BCUT2D eigenvalue weighted by molar-refractivity contribution is 7.99. The molecule has 1 saturated carbocycles. The van der Waals surface area contributed by atoms with Crippen LogP contribution in [-0.2, 0) is 11.3 Å². The number of thioether (sulfide) groups is 1. The summed E-state index contributed by atoms with van der Waals surface area (Å²) in [5.74, 6) is 2.47. The molecule has 1 aromatic heterocycles. The topological polar surface area (TPSA) is 63.9 Å². The first-order valence-corrected chi connectivity index (χ1v) is 8.99. The van der Waals surface area contributed by atoms with E-state index in [1.165, 1.54) is 19.3 Å². The molecule has 2 fully saturated rings. The van der Waals surface area contributed by atoms with Crippen molar-refractivity contribution in [2.24, 2.45) is 5.41 Å². The molecule has 0 N–H and O–H groups in total. The fourth-order valence-electron chi connectivity index (χ4n) is 3.53. The van der Waals surface area contributed by atoms with E-state index in [1.807, 2.05) is 16.7 Å². The zero-order chi connectivity index (χ0) is 14.5. The van der Waals surface area contributed by atoms with Crippen molar-refractivity contribution >= 4 is 17.7 Å². The van der Waals surface area contributed by atoms with Crippen molar-refractivity contribution in [2.45, 2.75) is 45.1 Å². The molecule has 3 rings (SSSR count). The summed E-state index contributed by atoms with van der Waals surface area (Å²) in [6.07, 6.45) is 8.25. The van der Waals surface area contributed by atoms with Crippen LogP contribution in [0, 0.1) is 5.41 Å². The van der Waals surface area contributed by atoms with Gasteiger partial charge in [-0.25, -0.2) is 4.68 Å². The molecule has 6 nitrogen and oxygen atoms in total. The fourth-order valence-corrected chi connectivity index (χ4v) is 4.44. The van der Waals surface area contributed by atoms with Crippen LogP contribution in [0.2, 0.25) is 0 Å². The van der Waals surface area contributed by atoms with Gasteiger partial charge in [0, 0.05) is 31.0 Å². The van der Waals surface area contributed by atoms with E-state index in [-0.39, 0.29) is 5.41 Å². The first-order valence-electron chi connectivity index (χ1n) is 7.84. The number of carbonyl (C=O) groups is 1. The van der Waals surface area contributed by atoms with E-state index in [9.17, 15) is 4.79 Å². The maximum Gasteiger partial charge on any atom is 0.223 e. The average molecular weight is 309 g/mol. The van der Waals surface area contributed by atoms with Crippen molar-refractivity contribution in [1.82, 2.24) is 25.1 Å². The van der Waals surface area contributed by atoms with Crippen molar-refractivity contribution in [1.29, 1.82) is 0 Å². The minimum absolute atomic E-state index is 0.0509. The van der Waals surface area contributed by atoms with Crippen LogP contribution in [0.25, 0.3) is 0 Å². The van der Waals surface area contributed by atoms with Crippen LogP contribution in [-0.4, -0.2) is 55.6 Å². The van der Waals surface area contributed by atoms with Crippen molar-refractivity contribution in [3.8, 4) is 0 Å². The van der Waals surface area contributed by atoms with Gasteiger partial charge in [0.05, 0.1) is 6.54 Å². The maximum absolute atomic E-state index is 12.7. The minimum Gasteiger partial charge on any atom is -0.341 e. The first kappa shape index (κ1) is 14.8. The summed E-state index contributed by atoms with van der Waals surface area (Å²) in [5.41, 5.74) is 0.0509. The molecule has 1 aromatic rings. The molecule has 0 spiro atoms. The molecule has 1 aliphatic heterocycles. The van der Waals surface area contributed by atoms with Gasteiger partial charge in [0.15, 0.2) is 0 Å². The molecule has 1 saturated heterocycles. The monoisotopic (exact) mass is 309 g/mol. The van der Waals surface area contributed by atoms with Gasteiger partial charge < -0.3 is 4.90 Å². The number of rotatable bonds is 4. The highest BCUT2D eigenvalue weighted by Gasteiger charge is 2.36. The van der Waals surface area contributed by atoms with Gasteiger partial charge in [0.25, 0.3) is 0 Å². The Labute approximate surface area is 129 Å². The van der Waals surface area contributed by atoms with Crippen molar-refractivity contribution < 1.29 is 4.79 Å². The molecule has 7 heteroatoms. The molecule has 0 bridgehead atoms. The van der Waals surface area contributed by atoms with Gasteiger partial charge in [-0.05, 0) is 28.7 Å². The number of amides is 1. The van der Waals surface area contributed by atoms with Gasteiger partial charge in [0.2, 0.25) is 5.91 Å². The fraction of sp³-hybridized carbons (Fsp3) is 0.857. The van der Waals surface area contributed by atoms with E-state index in [0.29, 0.717) is 12.3 Å². The predicted octanol–water partition coefficient (Wildman–Crippen LogP) is 1.59. The molecule has 0 unspecified atom stereocenters. The molecule has 2 aliphatic rings. The molecule has 0 radical (unpaired) electrons. The molecular weight excluding hydrogens is 286 g/mol. The van der Waals surface area contributed by atoms with Crippen LogP contribution in [0.4, 0.5) is 0 Å². The van der Waals surface area contributed by atoms with Gasteiger partial charge in [-0.3, -0.25) is 4.79 Å². The van der Waals surface area contributed by atoms with Gasteiger partial charge in [-0.1, -0.05) is 19.3 Å². The molecule has 116 valence electrons. The Hall–Kier alpha value is -1.11. The highest BCUT2D eigenvalue weighted by atomic mass is 32.2. The summed E-state index contributed by atoms with van der Waals surface area (Å²) < 4.78 is 1.80. The number of carbonyl (C=O) groups excluding carboxylic acids is 1.